The zero-order chi connectivity index (χ0) is 16.7. The summed E-state index contributed by atoms with van der Waals surface area (Å²) in [7, 11) is 0. The Hall–Kier alpha value is -3.13. The number of carbonyl (C=O) groups excluding carboxylic acids is 2. The van der Waals surface area contributed by atoms with Crippen LogP contribution in [-0.4, -0.2) is 18.5 Å². The molecule has 0 aliphatic carbocycles. The highest BCUT2D eigenvalue weighted by Gasteiger charge is 2.10. The van der Waals surface area contributed by atoms with Crippen molar-refractivity contribution in [3.8, 4) is 6.07 Å². The summed E-state index contributed by atoms with van der Waals surface area (Å²) in [5.74, 6) is -0.962. The Bertz CT molecular complexity index is 746. The number of nitrogens with zero attached hydrogens (tertiary/aromatic N) is 1. The highest BCUT2D eigenvalue weighted by molar-refractivity contribution is 5.91. The molecule has 5 heteroatoms. The second-order valence-electron chi connectivity index (χ2n) is 4.97. The van der Waals surface area contributed by atoms with Crippen molar-refractivity contribution < 1.29 is 14.3 Å². The lowest BCUT2D eigenvalue weighted by Gasteiger charge is -2.08. The second kappa shape index (κ2) is 7.76. The third-order valence-corrected chi connectivity index (χ3v) is 3.32. The van der Waals surface area contributed by atoms with Crippen molar-refractivity contribution in [1.82, 2.24) is 5.32 Å². The molecule has 0 fully saturated rings. The van der Waals surface area contributed by atoms with E-state index in [9.17, 15) is 9.59 Å². The van der Waals surface area contributed by atoms with Gasteiger partial charge in [0.25, 0.3) is 5.91 Å². The van der Waals surface area contributed by atoms with Crippen molar-refractivity contribution in [1.29, 1.82) is 5.26 Å². The topological polar surface area (TPSA) is 79.2 Å². The number of nitrogens with one attached hydrogen (secondary N) is 1. The van der Waals surface area contributed by atoms with Gasteiger partial charge in [-0.15, -0.1) is 0 Å². The van der Waals surface area contributed by atoms with Crippen LogP contribution in [0, 0.1) is 18.3 Å². The summed E-state index contributed by atoms with van der Waals surface area (Å²) in [6.45, 7) is 2.01. The monoisotopic (exact) mass is 308 g/mol. The lowest BCUT2D eigenvalue weighted by Crippen LogP contribution is -2.28. The van der Waals surface area contributed by atoms with Crippen LogP contribution in [0.5, 0.6) is 0 Å². The van der Waals surface area contributed by atoms with Crippen LogP contribution in [0.4, 0.5) is 0 Å². The number of aryl methyl sites for hydroxylation is 1. The van der Waals surface area contributed by atoms with Crippen molar-refractivity contribution in [3.05, 3.63) is 70.8 Å². The van der Waals surface area contributed by atoms with E-state index in [2.05, 4.69) is 5.32 Å². The van der Waals surface area contributed by atoms with Crippen LogP contribution in [0.1, 0.15) is 27.0 Å². The molecule has 0 bridgehead atoms. The van der Waals surface area contributed by atoms with E-state index in [1.807, 2.05) is 37.3 Å². The number of esters is 1. The number of amides is 1. The van der Waals surface area contributed by atoms with Gasteiger partial charge in [-0.3, -0.25) is 4.79 Å². The fraction of sp³-hybridized carbons (Fsp3) is 0.167. The van der Waals surface area contributed by atoms with Gasteiger partial charge in [-0.2, -0.15) is 5.26 Å². The van der Waals surface area contributed by atoms with Crippen LogP contribution in [0.15, 0.2) is 48.5 Å². The van der Waals surface area contributed by atoms with Crippen molar-refractivity contribution in [3.63, 3.8) is 0 Å². The molecule has 0 saturated heterocycles. The van der Waals surface area contributed by atoms with E-state index < -0.39 is 5.97 Å². The van der Waals surface area contributed by atoms with E-state index in [-0.39, 0.29) is 12.5 Å². The fourth-order valence-electron chi connectivity index (χ4n) is 1.95. The van der Waals surface area contributed by atoms with Crippen molar-refractivity contribution >= 4 is 11.9 Å². The van der Waals surface area contributed by atoms with Gasteiger partial charge < -0.3 is 10.1 Å². The molecule has 116 valence electrons. The average Bonchev–Trinajstić information content (AvgIpc) is 2.59. The predicted octanol–water partition coefficient (Wildman–Crippen LogP) is 2.34. The first-order valence-corrected chi connectivity index (χ1v) is 7.08. The summed E-state index contributed by atoms with van der Waals surface area (Å²) in [5.41, 5.74) is 2.86. The lowest BCUT2D eigenvalue weighted by atomic mass is 10.1. The predicted molar refractivity (Wildman–Crippen MR) is 84.5 cm³/mol. The van der Waals surface area contributed by atoms with Crippen LogP contribution < -0.4 is 5.32 Å². The van der Waals surface area contributed by atoms with E-state index in [1.165, 1.54) is 24.3 Å². The Balaban J connectivity index is 1.80. The van der Waals surface area contributed by atoms with Crippen LogP contribution in [0.3, 0.4) is 0 Å². The first kappa shape index (κ1) is 16.2. The Kier molecular flexibility index (Phi) is 5.48. The lowest BCUT2D eigenvalue weighted by molar-refractivity contribution is -0.124. The summed E-state index contributed by atoms with van der Waals surface area (Å²) in [6.07, 6.45) is 0. The molecule has 0 atom stereocenters. The first-order valence-electron chi connectivity index (χ1n) is 7.08. The minimum atomic E-state index is -0.597. The molecule has 0 aliphatic heterocycles. The number of rotatable bonds is 5. The minimum Gasteiger partial charge on any atom is -0.452 e. The van der Waals surface area contributed by atoms with Gasteiger partial charge in [-0.05, 0) is 42.3 Å². The maximum Gasteiger partial charge on any atom is 0.338 e. The van der Waals surface area contributed by atoms with Gasteiger partial charge in [0.1, 0.15) is 0 Å². The molecular formula is C18H16N2O3. The van der Waals surface area contributed by atoms with E-state index >= 15 is 0 Å². The zero-order valence-corrected chi connectivity index (χ0v) is 12.7. The maximum absolute atomic E-state index is 11.8. The highest BCUT2D eigenvalue weighted by atomic mass is 16.5. The Labute approximate surface area is 134 Å². The molecule has 0 aromatic heterocycles. The van der Waals surface area contributed by atoms with Crippen molar-refractivity contribution in [2.75, 3.05) is 6.61 Å². The van der Waals surface area contributed by atoms with Gasteiger partial charge in [0.05, 0.1) is 17.2 Å². The number of benzene rings is 2. The maximum atomic E-state index is 11.8. The van der Waals surface area contributed by atoms with Crippen LogP contribution in [-0.2, 0) is 16.1 Å². The smallest absolute Gasteiger partial charge is 0.338 e. The summed E-state index contributed by atoms with van der Waals surface area (Å²) >= 11 is 0. The molecule has 1 amide bonds. The average molecular weight is 308 g/mol. The molecule has 1 N–H and O–H groups in total. The number of carbonyl (C=O) groups is 2. The number of hydrogen-bond acceptors (Lipinski definition) is 4. The molecule has 0 unspecified atom stereocenters. The van der Waals surface area contributed by atoms with E-state index in [0.717, 1.165) is 11.1 Å². The summed E-state index contributed by atoms with van der Waals surface area (Å²) in [6, 6.07) is 15.7. The van der Waals surface area contributed by atoms with E-state index in [0.29, 0.717) is 17.7 Å². The van der Waals surface area contributed by atoms with Gasteiger partial charge in [-0.25, -0.2) is 4.79 Å². The third-order valence-electron chi connectivity index (χ3n) is 3.32. The molecule has 0 radical (unpaired) electrons. The Morgan fingerprint density at radius 3 is 2.48 bits per heavy atom. The number of hydrogen-bond donors (Lipinski definition) is 1. The molecule has 23 heavy (non-hydrogen) atoms. The quantitative estimate of drug-likeness (QED) is 0.860. The van der Waals surface area contributed by atoms with Crippen LogP contribution in [0.2, 0.25) is 0 Å². The normalized spacial score (nSPS) is 9.74. The second-order valence-corrected chi connectivity index (χ2v) is 4.97. The van der Waals surface area contributed by atoms with E-state index in [1.54, 1.807) is 0 Å². The minimum absolute atomic E-state index is 0.302. The molecule has 0 heterocycles. The van der Waals surface area contributed by atoms with Crippen LogP contribution >= 0.6 is 0 Å². The van der Waals surface area contributed by atoms with Gasteiger partial charge >= 0.3 is 5.97 Å². The largest absolute Gasteiger partial charge is 0.452 e. The molecular weight excluding hydrogens is 292 g/mol. The van der Waals surface area contributed by atoms with Gasteiger partial charge in [0.15, 0.2) is 6.61 Å². The van der Waals surface area contributed by atoms with Crippen LogP contribution in [0.25, 0.3) is 0 Å². The fourth-order valence-corrected chi connectivity index (χ4v) is 1.95. The summed E-state index contributed by atoms with van der Waals surface area (Å²) in [4.78, 5) is 23.5. The van der Waals surface area contributed by atoms with Gasteiger partial charge in [0, 0.05) is 6.54 Å². The Morgan fingerprint density at radius 1 is 1.13 bits per heavy atom. The third kappa shape index (κ3) is 4.68. The van der Waals surface area contributed by atoms with Crippen molar-refractivity contribution in [2.45, 2.75) is 13.5 Å². The van der Waals surface area contributed by atoms with Gasteiger partial charge in [-0.1, -0.05) is 24.3 Å². The van der Waals surface area contributed by atoms with Crippen molar-refractivity contribution in [2.24, 2.45) is 0 Å². The molecule has 5 nitrogen and oxygen atoms in total. The number of nitriles is 1. The Morgan fingerprint density at radius 2 is 1.83 bits per heavy atom. The SMILES string of the molecule is Cc1ccccc1CNC(=O)COC(=O)c1ccc(C#N)cc1. The molecule has 0 aliphatic rings. The summed E-state index contributed by atoms with van der Waals surface area (Å²) < 4.78 is 4.95. The zero-order valence-electron chi connectivity index (χ0n) is 12.7. The highest BCUT2D eigenvalue weighted by Crippen LogP contribution is 2.07. The van der Waals surface area contributed by atoms with Gasteiger partial charge in [0.2, 0.25) is 0 Å². The molecule has 2 aromatic carbocycles. The van der Waals surface area contributed by atoms with E-state index in [4.69, 9.17) is 10.00 Å². The molecule has 0 saturated carbocycles. The molecule has 0 spiro atoms. The molecule has 2 aromatic rings. The number of ether oxygens (including phenoxy) is 1. The summed E-state index contributed by atoms with van der Waals surface area (Å²) in [5, 5.41) is 11.4. The first-order chi connectivity index (χ1) is 11.1. The standard InChI is InChI=1S/C18H16N2O3/c1-13-4-2-3-5-16(13)11-20-17(21)12-23-18(22)15-8-6-14(10-19)7-9-15/h2-9H,11-12H2,1H3,(H,20,21). The molecule has 2 rings (SSSR count).